The fourth-order valence-corrected chi connectivity index (χ4v) is 2.17. The molecule has 1 aromatic carbocycles. The molecule has 1 aliphatic heterocycles. The largest absolute Gasteiger partial charge is 0.495 e. The van der Waals surface area contributed by atoms with E-state index in [0.29, 0.717) is 6.61 Å². The van der Waals surface area contributed by atoms with Crippen molar-refractivity contribution in [2.45, 2.75) is 4.90 Å². The van der Waals surface area contributed by atoms with Gasteiger partial charge >= 0.3 is 0 Å². The first-order valence-corrected chi connectivity index (χ1v) is 7.43. The molecule has 0 aliphatic carbocycles. The number of hydrogen-bond donors (Lipinski definition) is 2. The second-order valence-electron chi connectivity index (χ2n) is 4.06. The molecule has 1 amide bonds. The number of anilines is 1. The maximum absolute atomic E-state index is 12.0. The van der Waals surface area contributed by atoms with Crippen molar-refractivity contribution in [1.29, 1.82) is 0 Å². The summed E-state index contributed by atoms with van der Waals surface area (Å²) in [5.41, 5.74) is 0.157. The second-order valence-corrected chi connectivity index (χ2v) is 5.62. The molecule has 2 rings (SSSR count). The van der Waals surface area contributed by atoms with Crippen molar-refractivity contribution in [2.75, 3.05) is 25.6 Å². The third kappa shape index (κ3) is 3.64. The Bertz CT molecular complexity index is 683. The molecule has 0 saturated heterocycles. The standard InChI is InChI=1S/C12H14N2O6S/c1-18-10-3-2-8(21(13,16)17)6-9(10)14-12(15)11-7-19-4-5-20-11/h2-3,6-7H,4-5H2,1H3,(H,14,15)(H2,13,16,17). The van der Waals surface area contributed by atoms with Crippen LogP contribution in [0, 0.1) is 0 Å². The van der Waals surface area contributed by atoms with Crippen molar-refractivity contribution in [3.05, 3.63) is 30.2 Å². The Morgan fingerprint density at radius 3 is 2.71 bits per heavy atom. The molecule has 0 fully saturated rings. The number of methoxy groups -OCH3 is 1. The number of rotatable bonds is 4. The summed E-state index contributed by atoms with van der Waals surface area (Å²) in [4.78, 5) is 11.8. The number of benzene rings is 1. The van der Waals surface area contributed by atoms with Crippen molar-refractivity contribution >= 4 is 21.6 Å². The molecule has 1 aliphatic rings. The number of amides is 1. The lowest BCUT2D eigenvalue weighted by Gasteiger charge is -2.16. The van der Waals surface area contributed by atoms with Gasteiger partial charge in [0.05, 0.1) is 17.7 Å². The number of nitrogens with one attached hydrogen (secondary N) is 1. The molecule has 0 spiro atoms. The van der Waals surface area contributed by atoms with E-state index in [1.165, 1.54) is 31.6 Å². The van der Waals surface area contributed by atoms with E-state index < -0.39 is 15.9 Å². The van der Waals surface area contributed by atoms with Crippen molar-refractivity contribution in [3.8, 4) is 5.75 Å². The molecule has 0 aromatic heterocycles. The van der Waals surface area contributed by atoms with Crippen molar-refractivity contribution in [2.24, 2.45) is 5.14 Å². The van der Waals surface area contributed by atoms with Gasteiger partial charge in [-0.1, -0.05) is 0 Å². The Balaban J connectivity index is 2.29. The number of nitrogens with two attached hydrogens (primary N) is 1. The van der Waals surface area contributed by atoms with E-state index >= 15 is 0 Å². The molecule has 1 aromatic rings. The summed E-state index contributed by atoms with van der Waals surface area (Å²) in [5.74, 6) is -0.308. The van der Waals surface area contributed by atoms with Gasteiger partial charge in [-0.2, -0.15) is 0 Å². The Kier molecular flexibility index (Phi) is 4.34. The Hall–Kier alpha value is -2.26. The maximum Gasteiger partial charge on any atom is 0.294 e. The molecule has 8 nitrogen and oxygen atoms in total. The first-order valence-electron chi connectivity index (χ1n) is 5.88. The third-order valence-electron chi connectivity index (χ3n) is 2.62. The molecule has 0 radical (unpaired) electrons. The van der Waals surface area contributed by atoms with Gasteiger partial charge in [0.25, 0.3) is 5.91 Å². The predicted molar refractivity (Wildman–Crippen MR) is 73.0 cm³/mol. The van der Waals surface area contributed by atoms with Crippen LogP contribution in [0.3, 0.4) is 0 Å². The first kappa shape index (κ1) is 15.1. The summed E-state index contributed by atoms with van der Waals surface area (Å²) in [6, 6.07) is 3.88. The monoisotopic (exact) mass is 314 g/mol. The van der Waals surface area contributed by atoms with Crippen LogP contribution in [-0.4, -0.2) is 34.6 Å². The highest BCUT2D eigenvalue weighted by Gasteiger charge is 2.18. The van der Waals surface area contributed by atoms with Gasteiger partial charge in [-0.15, -0.1) is 0 Å². The van der Waals surface area contributed by atoms with Gasteiger partial charge in [-0.25, -0.2) is 13.6 Å². The van der Waals surface area contributed by atoms with Crippen LogP contribution in [-0.2, 0) is 24.3 Å². The van der Waals surface area contributed by atoms with E-state index in [4.69, 9.17) is 19.3 Å². The minimum absolute atomic E-state index is 0.00990. The fourth-order valence-electron chi connectivity index (χ4n) is 1.63. The third-order valence-corrected chi connectivity index (χ3v) is 3.53. The van der Waals surface area contributed by atoms with Crippen LogP contribution in [0.4, 0.5) is 5.69 Å². The summed E-state index contributed by atoms with van der Waals surface area (Å²) in [6.45, 7) is 0.620. The SMILES string of the molecule is COc1ccc(S(N)(=O)=O)cc1NC(=O)C1=COCCO1. The number of sulfonamides is 1. The predicted octanol–water partition coefficient (Wildman–Crippen LogP) is 0.169. The molecule has 0 bridgehead atoms. The molecule has 0 saturated carbocycles. The van der Waals surface area contributed by atoms with E-state index in [9.17, 15) is 13.2 Å². The highest BCUT2D eigenvalue weighted by molar-refractivity contribution is 7.89. The average Bonchev–Trinajstić information content (AvgIpc) is 2.47. The lowest BCUT2D eigenvalue weighted by molar-refractivity contribution is -0.117. The van der Waals surface area contributed by atoms with E-state index in [2.05, 4.69) is 5.32 Å². The smallest absolute Gasteiger partial charge is 0.294 e. The van der Waals surface area contributed by atoms with E-state index in [0.717, 1.165) is 0 Å². The molecule has 0 atom stereocenters. The summed E-state index contributed by atoms with van der Waals surface area (Å²) in [7, 11) is -2.50. The quantitative estimate of drug-likeness (QED) is 0.818. The normalized spacial score (nSPS) is 14.5. The summed E-state index contributed by atoms with van der Waals surface area (Å²) in [6.07, 6.45) is 1.19. The Labute approximate surface area is 121 Å². The van der Waals surface area contributed by atoms with Crippen LogP contribution in [0.2, 0.25) is 0 Å². The molecule has 21 heavy (non-hydrogen) atoms. The molecule has 114 valence electrons. The van der Waals surface area contributed by atoms with Crippen LogP contribution in [0.1, 0.15) is 0 Å². The zero-order chi connectivity index (χ0) is 15.5. The fraction of sp³-hybridized carbons (Fsp3) is 0.250. The Morgan fingerprint density at radius 2 is 2.14 bits per heavy atom. The zero-order valence-corrected chi connectivity index (χ0v) is 12.0. The van der Waals surface area contributed by atoms with Gasteiger partial charge < -0.3 is 19.5 Å². The van der Waals surface area contributed by atoms with Crippen LogP contribution in [0.25, 0.3) is 0 Å². The van der Waals surface area contributed by atoms with Crippen LogP contribution < -0.4 is 15.2 Å². The zero-order valence-electron chi connectivity index (χ0n) is 11.2. The van der Waals surface area contributed by atoms with Crippen molar-refractivity contribution in [1.82, 2.24) is 0 Å². The van der Waals surface area contributed by atoms with Gasteiger partial charge in [0.15, 0.2) is 0 Å². The number of carbonyl (C=O) groups excluding carboxylic acids is 1. The Morgan fingerprint density at radius 1 is 1.38 bits per heavy atom. The lowest BCUT2D eigenvalue weighted by Crippen LogP contribution is -2.21. The first-order chi connectivity index (χ1) is 9.91. The molecule has 9 heteroatoms. The summed E-state index contributed by atoms with van der Waals surface area (Å²) < 4.78 is 37.8. The van der Waals surface area contributed by atoms with Crippen molar-refractivity contribution in [3.63, 3.8) is 0 Å². The van der Waals surface area contributed by atoms with Gasteiger partial charge in [0, 0.05) is 0 Å². The van der Waals surface area contributed by atoms with Gasteiger partial charge in [0.1, 0.15) is 25.2 Å². The van der Waals surface area contributed by atoms with Crippen LogP contribution >= 0.6 is 0 Å². The van der Waals surface area contributed by atoms with Crippen LogP contribution in [0.5, 0.6) is 5.75 Å². The summed E-state index contributed by atoms with van der Waals surface area (Å²) >= 11 is 0. The number of primary sulfonamides is 1. The van der Waals surface area contributed by atoms with E-state index in [1.54, 1.807) is 0 Å². The number of carbonyl (C=O) groups is 1. The van der Waals surface area contributed by atoms with Crippen molar-refractivity contribution < 1.29 is 27.4 Å². The molecule has 0 unspecified atom stereocenters. The molecule has 1 heterocycles. The minimum Gasteiger partial charge on any atom is -0.495 e. The molecular formula is C12H14N2O6S. The maximum atomic E-state index is 12.0. The van der Waals surface area contributed by atoms with Gasteiger partial charge in [-0.05, 0) is 18.2 Å². The number of ether oxygens (including phenoxy) is 3. The average molecular weight is 314 g/mol. The second kappa shape index (κ2) is 6.02. The molecular weight excluding hydrogens is 300 g/mol. The number of hydrogen-bond acceptors (Lipinski definition) is 6. The molecule has 3 N–H and O–H groups in total. The van der Waals surface area contributed by atoms with Crippen LogP contribution in [0.15, 0.2) is 35.1 Å². The minimum atomic E-state index is -3.89. The summed E-state index contributed by atoms with van der Waals surface area (Å²) in [5, 5.41) is 7.54. The van der Waals surface area contributed by atoms with Gasteiger partial charge in [-0.3, -0.25) is 4.79 Å². The van der Waals surface area contributed by atoms with E-state index in [1.807, 2.05) is 0 Å². The highest BCUT2D eigenvalue weighted by Crippen LogP contribution is 2.27. The topological polar surface area (TPSA) is 117 Å². The lowest BCUT2D eigenvalue weighted by atomic mass is 10.3. The highest BCUT2D eigenvalue weighted by atomic mass is 32.2. The van der Waals surface area contributed by atoms with Gasteiger partial charge in [0.2, 0.25) is 15.8 Å². The van der Waals surface area contributed by atoms with E-state index in [-0.39, 0.29) is 28.7 Å².